The number of amides is 1. The summed E-state index contributed by atoms with van der Waals surface area (Å²) in [6.45, 7) is 4.23. The van der Waals surface area contributed by atoms with Crippen LogP contribution in [0.2, 0.25) is 0 Å². The maximum Gasteiger partial charge on any atom is 0.274 e. The van der Waals surface area contributed by atoms with Crippen molar-refractivity contribution in [2.75, 3.05) is 17.3 Å². The number of carbonyl (C=O) groups excluding carboxylic acids is 1. The molecule has 104 valence electrons. The second-order valence-electron chi connectivity index (χ2n) is 4.80. The molecule has 0 fully saturated rings. The molecule has 2 aromatic rings. The Morgan fingerprint density at radius 2 is 2.10 bits per heavy atom. The zero-order chi connectivity index (χ0) is 14.5. The van der Waals surface area contributed by atoms with Gasteiger partial charge >= 0.3 is 0 Å². The van der Waals surface area contributed by atoms with Crippen LogP contribution in [0.4, 0.5) is 11.4 Å². The predicted octanol–water partition coefficient (Wildman–Crippen LogP) is 2.57. The molecule has 1 aromatic carbocycles. The third-order valence-corrected chi connectivity index (χ3v) is 3.10. The molecule has 0 radical (unpaired) electrons. The van der Waals surface area contributed by atoms with Gasteiger partial charge in [-0.3, -0.25) is 4.79 Å². The molecule has 2 rings (SSSR count). The van der Waals surface area contributed by atoms with Crippen molar-refractivity contribution in [1.29, 1.82) is 0 Å². The zero-order valence-corrected chi connectivity index (χ0v) is 11.9. The fraction of sp³-hybridized carbons (Fsp3) is 0.267. The number of hydrogen-bond donors (Lipinski definition) is 1. The predicted molar refractivity (Wildman–Crippen MR) is 80.0 cm³/mol. The Balaban J connectivity index is 2.14. The highest BCUT2D eigenvalue weighted by Gasteiger charge is 2.09. The lowest BCUT2D eigenvalue weighted by molar-refractivity contribution is 0.102. The molecule has 0 aliphatic rings. The van der Waals surface area contributed by atoms with Gasteiger partial charge in [-0.25, -0.2) is 9.97 Å². The van der Waals surface area contributed by atoms with Crippen LogP contribution in [0.25, 0.3) is 0 Å². The summed E-state index contributed by atoms with van der Waals surface area (Å²) in [4.78, 5) is 21.9. The molecule has 0 bridgehead atoms. The van der Waals surface area contributed by atoms with Gasteiger partial charge in [0.25, 0.3) is 5.91 Å². The maximum absolute atomic E-state index is 12.0. The summed E-state index contributed by atoms with van der Waals surface area (Å²) in [6, 6.07) is 9.71. The average molecular weight is 270 g/mol. The van der Waals surface area contributed by atoms with Gasteiger partial charge in [0, 0.05) is 30.7 Å². The first-order chi connectivity index (χ1) is 9.58. The van der Waals surface area contributed by atoms with E-state index < -0.39 is 0 Å². The Hall–Kier alpha value is -2.43. The lowest BCUT2D eigenvalue weighted by Crippen LogP contribution is -2.25. The van der Waals surface area contributed by atoms with Crippen LogP contribution in [0.1, 0.15) is 24.3 Å². The van der Waals surface area contributed by atoms with Gasteiger partial charge in [-0.1, -0.05) is 6.07 Å². The van der Waals surface area contributed by atoms with E-state index in [4.69, 9.17) is 0 Å². The number of nitrogens with one attached hydrogen (secondary N) is 1. The van der Waals surface area contributed by atoms with Gasteiger partial charge in [0.1, 0.15) is 12.0 Å². The standard InChI is InChI=1S/C15H18N4O/c1-11(2)19(3)13-6-4-5-12(9-13)18-15(20)14-7-8-16-10-17-14/h4-11H,1-3H3,(H,18,20). The van der Waals surface area contributed by atoms with Crippen LogP contribution in [0.5, 0.6) is 0 Å². The lowest BCUT2D eigenvalue weighted by atomic mass is 10.2. The minimum atomic E-state index is -0.239. The molecule has 1 aromatic heterocycles. The van der Waals surface area contributed by atoms with E-state index in [1.807, 2.05) is 31.3 Å². The van der Waals surface area contributed by atoms with Crippen molar-refractivity contribution in [3.63, 3.8) is 0 Å². The molecular weight excluding hydrogens is 252 g/mol. The van der Waals surface area contributed by atoms with Gasteiger partial charge in [0.15, 0.2) is 0 Å². The minimum Gasteiger partial charge on any atom is -0.372 e. The van der Waals surface area contributed by atoms with Crippen LogP contribution >= 0.6 is 0 Å². The molecule has 1 N–H and O–H groups in total. The summed E-state index contributed by atoms with van der Waals surface area (Å²) in [7, 11) is 2.02. The molecule has 0 aliphatic heterocycles. The number of nitrogens with zero attached hydrogens (tertiary/aromatic N) is 3. The Morgan fingerprint density at radius 3 is 2.75 bits per heavy atom. The van der Waals surface area contributed by atoms with Crippen molar-refractivity contribution in [3.8, 4) is 0 Å². The summed E-state index contributed by atoms with van der Waals surface area (Å²) in [5.74, 6) is -0.239. The molecule has 0 saturated heterocycles. The Bertz CT molecular complexity index is 583. The van der Waals surface area contributed by atoms with E-state index in [0.717, 1.165) is 11.4 Å². The van der Waals surface area contributed by atoms with Crippen LogP contribution in [0, 0.1) is 0 Å². The van der Waals surface area contributed by atoms with Gasteiger partial charge in [-0.05, 0) is 38.1 Å². The summed E-state index contributed by atoms with van der Waals surface area (Å²) in [5, 5.41) is 2.84. The molecule has 0 saturated carbocycles. The van der Waals surface area contributed by atoms with E-state index in [2.05, 4.69) is 34.0 Å². The van der Waals surface area contributed by atoms with Crippen LogP contribution in [0.15, 0.2) is 42.9 Å². The summed E-state index contributed by atoms with van der Waals surface area (Å²) in [5.41, 5.74) is 2.15. The monoisotopic (exact) mass is 270 g/mol. The molecule has 0 unspecified atom stereocenters. The van der Waals surface area contributed by atoms with E-state index in [0.29, 0.717) is 11.7 Å². The van der Waals surface area contributed by atoms with E-state index >= 15 is 0 Å². The topological polar surface area (TPSA) is 58.1 Å². The molecule has 5 nitrogen and oxygen atoms in total. The molecule has 0 aliphatic carbocycles. The quantitative estimate of drug-likeness (QED) is 0.927. The molecule has 5 heteroatoms. The van der Waals surface area contributed by atoms with Crippen molar-refractivity contribution < 1.29 is 4.79 Å². The van der Waals surface area contributed by atoms with Gasteiger partial charge in [0.2, 0.25) is 0 Å². The number of carbonyl (C=O) groups is 1. The first-order valence-electron chi connectivity index (χ1n) is 6.48. The van der Waals surface area contributed by atoms with Gasteiger partial charge in [-0.15, -0.1) is 0 Å². The van der Waals surface area contributed by atoms with Gasteiger partial charge in [-0.2, -0.15) is 0 Å². The van der Waals surface area contributed by atoms with Crippen LogP contribution in [-0.4, -0.2) is 29.0 Å². The number of rotatable bonds is 4. The van der Waals surface area contributed by atoms with Crippen molar-refractivity contribution >= 4 is 17.3 Å². The first kappa shape index (κ1) is 14.0. The molecule has 20 heavy (non-hydrogen) atoms. The number of hydrogen-bond acceptors (Lipinski definition) is 4. The molecule has 1 heterocycles. The van der Waals surface area contributed by atoms with E-state index in [1.165, 1.54) is 6.33 Å². The third-order valence-electron chi connectivity index (χ3n) is 3.10. The maximum atomic E-state index is 12.0. The molecule has 0 atom stereocenters. The lowest BCUT2D eigenvalue weighted by Gasteiger charge is -2.24. The minimum absolute atomic E-state index is 0.239. The normalized spacial score (nSPS) is 10.4. The number of aromatic nitrogens is 2. The second-order valence-corrected chi connectivity index (χ2v) is 4.80. The largest absolute Gasteiger partial charge is 0.372 e. The second kappa shape index (κ2) is 6.14. The first-order valence-corrected chi connectivity index (χ1v) is 6.48. The van der Waals surface area contributed by atoms with Crippen molar-refractivity contribution in [3.05, 3.63) is 48.5 Å². The Kier molecular flexibility index (Phi) is 4.30. The molecular formula is C15H18N4O. The number of benzene rings is 1. The van der Waals surface area contributed by atoms with Crippen LogP contribution in [0.3, 0.4) is 0 Å². The highest BCUT2D eigenvalue weighted by molar-refractivity contribution is 6.02. The SMILES string of the molecule is CC(C)N(C)c1cccc(NC(=O)c2ccncn2)c1. The van der Waals surface area contributed by atoms with E-state index in [1.54, 1.807) is 12.3 Å². The van der Waals surface area contributed by atoms with Crippen molar-refractivity contribution in [2.24, 2.45) is 0 Å². The highest BCUT2D eigenvalue weighted by atomic mass is 16.1. The summed E-state index contributed by atoms with van der Waals surface area (Å²) < 4.78 is 0. The average Bonchev–Trinajstić information content (AvgIpc) is 2.47. The van der Waals surface area contributed by atoms with E-state index in [9.17, 15) is 4.79 Å². The van der Waals surface area contributed by atoms with Crippen molar-refractivity contribution in [2.45, 2.75) is 19.9 Å². The zero-order valence-electron chi connectivity index (χ0n) is 11.9. The smallest absolute Gasteiger partial charge is 0.274 e. The fourth-order valence-electron chi connectivity index (χ4n) is 1.72. The van der Waals surface area contributed by atoms with E-state index in [-0.39, 0.29) is 5.91 Å². The van der Waals surface area contributed by atoms with Gasteiger partial charge < -0.3 is 10.2 Å². The number of anilines is 2. The van der Waals surface area contributed by atoms with Crippen LogP contribution in [-0.2, 0) is 0 Å². The molecule has 1 amide bonds. The Labute approximate surface area is 118 Å². The summed E-state index contributed by atoms with van der Waals surface area (Å²) >= 11 is 0. The van der Waals surface area contributed by atoms with Crippen molar-refractivity contribution in [1.82, 2.24) is 9.97 Å². The Morgan fingerprint density at radius 1 is 1.30 bits per heavy atom. The van der Waals surface area contributed by atoms with Crippen LogP contribution < -0.4 is 10.2 Å². The molecule has 0 spiro atoms. The fourth-order valence-corrected chi connectivity index (χ4v) is 1.72. The summed E-state index contributed by atoms with van der Waals surface area (Å²) in [6.07, 6.45) is 2.91. The third kappa shape index (κ3) is 3.32. The highest BCUT2D eigenvalue weighted by Crippen LogP contribution is 2.20. The van der Waals surface area contributed by atoms with Gasteiger partial charge in [0.05, 0.1) is 0 Å².